The minimum atomic E-state index is -0.0592. The highest BCUT2D eigenvalue weighted by Crippen LogP contribution is 2.32. The Kier molecular flexibility index (Phi) is 3.36. The summed E-state index contributed by atoms with van der Waals surface area (Å²) in [6.07, 6.45) is 0.00880. The van der Waals surface area contributed by atoms with Crippen molar-refractivity contribution in [2.75, 3.05) is 13.1 Å². The molecule has 0 radical (unpaired) electrons. The third-order valence-corrected chi connectivity index (χ3v) is 3.60. The van der Waals surface area contributed by atoms with Crippen LogP contribution in [0.3, 0.4) is 0 Å². The van der Waals surface area contributed by atoms with Gasteiger partial charge in [0.2, 0.25) is 0 Å². The number of nitrogens with one attached hydrogen (secondary N) is 1. The molecule has 1 aliphatic heterocycles. The summed E-state index contributed by atoms with van der Waals surface area (Å²) >= 11 is 0. The van der Waals surface area contributed by atoms with Crippen molar-refractivity contribution in [3.8, 4) is 0 Å². The highest BCUT2D eigenvalue weighted by molar-refractivity contribution is 5.30. The van der Waals surface area contributed by atoms with Crippen LogP contribution in [0.5, 0.6) is 0 Å². The summed E-state index contributed by atoms with van der Waals surface area (Å²) in [5, 5.41) is 3.29. The molecule has 1 N–H and O–H groups in total. The maximum atomic E-state index is 6.38. The first-order valence-electron chi connectivity index (χ1n) is 6.75. The van der Waals surface area contributed by atoms with E-state index in [1.165, 1.54) is 11.1 Å². The number of rotatable bonds is 4. The molecule has 2 heteroatoms. The van der Waals surface area contributed by atoms with Crippen LogP contribution in [0.2, 0.25) is 0 Å². The van der Waals surface area contributed by atoms with E-state index < -0.39 is 0 Å². The molecular formula is C17H19NO. The average molecular weight is 253 g/mol. The summed E-state index contributed by atoms with van der Waals surface area (Å²) < 4.78 is 6.38. The van der Waals surface area contributed by atoms with E-state index in [2.05, 4.69) is 60.8 Å². The molecule has 2 aromatic carbocycles. The van der Waals surface area contributed by atoms with Crippen molar-refractivity contribution in [2.24, 2.45) is 0 Å². The van der Waals surface area contributed by atoms with Gasteiger partial charge in [0.15, 0.2) is 0 Å². The van der Waals surface area contributed by atoms with Crippen molar-refractivity contribution in [1.29, 1.82) is 0 Å². The summed E-state index contributed by atoms with van der Waals surface area (Å²) in [6, 6.07) is 20.9. The molecular weight excluding hydrogens is 234 g/mol. The van der Waals surface area contributed by atoms with Gasteiger partial charge in [-0.05, 0) is 18.1 Å². The monoisotopic (exact) mass is 253 g/mol. The van der Waals surface area contributed by atoms with Crippen molar-refractivity contribution in [2.45, 2.75) is 18.6 Å². The van der Waals surface area contributed by atoms with Crippen LogP contribution in [-0.4, -0.2) is 18.7 Å². The Morgan fingerprint density at radius 3 is 1.74 bits per heavy atom. The van der Waals surface area contributed by atoms with E-state index in [0.717, 1.165) is 13.1 Å². The van der Waals surface area contributed by atoms with Crippen molar-refractivity contribution < 1.29 is 4.74 Å². The van der Waals surface area contributed by atoms with Crippen LogP contribution in [0.1, 0.15) is 24.2 Å². The average Bonchev–Trinajstić information content (AvgIpc) is 2.45. The first-order valence-corrected chi connectivity index (χ1v) is 6.75. The number of benzene rings is 2. The van der Waals surface area contributed by atoms with Gasteiger partial charge in [-0.25, -0.2) is 0 Å². The smallest absolute Gasteiger partial charge is 0.108 e. The molecule has 1 heterocycles. The van der Waals surface area contributed by atoms with Crippen molar-refractivity contribution in [1.82, 2.24) is 5.32 Å². The zero-order chi connectivity index (χ0) is 13.1. The molecule has 1 aliphatic rings. The number of hydrogen-bond acceptors (Lipinski definition) is 2. The minimum absolute atomic E-state index is 0.00880. The highest BCUT2D eigenvalue weighted by atomic mass is 16.5. The third kappa shape index (κ3) is 2.70. The maximum absolute atomic E-state index is 6.38. The Morgan fingerprint density at radius 1 is 0.895 bits per heavy atom. The first-order chi connectivity index (χ1) is 9.27. The number of hydrogen-bond donors (Lipinski definition) is 1. The fraction of sp³-hybridized carbons (Fsp3) is 0.294. The normalized spacial score (nSPS) is 17.2. The fourth-order valence-electron chi connectivity index (χ4n) is 2.43. The topological polar surface area (TPSA) is 21.3 Å². The lowest BCUT2D eigenvalue weighted by Crippen LogP contribution is -2.59. The van der Waals surface area contributed by atoms with Crippen molar-refractivity contribution in [3.05, 3.63) is 71.8 Å². The molecule has 98 valence electrons. The van der Waals surface area contributed by atoms with Crippen LogP contribution in [0.15, 0.2) is 60.7 Å². The van der Waals surface area contributed by atoms with E-state index >= 15 is 0 Å². The van der Waals surface area contributed by atoms with E-state index in [9.17, 15) is 0 Å². The van der Waals surface area contributed by atoms with E-state index in [4.69, 9.17) is 4.74 Å². The quantitative estimate of drug-likeness (QED) is 0.903. The molecule has 19 heavy (non-hydrogen) atoms. The van der Waals surface area contributed by atoms with E-state index in [-0.39, 0.29) is 11.7 Å². The van der Waals surface area contributed by atoms with E-state index in [1.807, 2.05) is 12.1 Å². The van der Waals surface area contributed by atoms with Crippen LogP contribution in [-0.2, 0) is 4.74 Å². The number of ether oxygens (including phenoxy) is 1. The molecule has 0 unspecified atom stereocenters. The second-order valence-electron chi connectivity index (χ2n) is 5.37. The van der Waals surface area contributed by atoms with Gasteiger partial charge in [-0.1, -0.05) is 60.7 Å². The summed E-state index contributed by atoms with van der Waals surface area (Å²) in [5.74, 6) is 0. The van der Waals surface area contributed by atoms with Crippen LogP contribution < -0.4 is 5.32 Å². The van der Waals surface area contributed by atoms with Crippen LogP contribution >= 0.6 is 0 Å². The van der Waals surface area contributed by atoms with Crippen molar-refractivity contribution in [3.63, 3.8) is 0 Å². The lowest BCUT2D eigenvalue weighted by molar-refractivity contribution is -0.0983. The van der Waals surface area contributed by atoms with Crippen LogP contribution in [0.4, 0.5) is 0 Å². The molecule has 1 saturated heterocycles. The SMILES string of the molecule is CC1(OC(c2ccccc2)c2ccccc2)CNC1. The van der Waals surface area contributed by atoms with Crippen LogP contribution in [0.25, 0.3) is 0 Å². The molecule has 1 fully saturated rings. The molecule has 2 aromatic rings. The lowest BCUT2D eigenvalue weighted by atomic mass is 9.96. The Bertz CT molecular complexity index is 480. The van der Waals surface area contributed by atoms with E-state index in [0.29, 0.717) is 0 Å². The van der Waals surface area contributed by atoms with Gasteiger partial charge in [0.05, 0.1) is 5.60 Å². The largest absolute Gasteiger partial charge is 0.360 e. The van der Waals surface area contributed by atoms with Gasteiger partial charge in [-0.15, -0.1) is 0 Å². The Morgan fingerprint density at radius 2 is 1.37 bits per heavy atom. The fourth-order valence-corrected chi connectivity index (χ4v) is 2.43. The molecule has 2 nitrogen and oxygen atoms in total. The minimum Gasteiger partial charge on any atom is -0.360 e. The summed E-state index contributed by atoms with van der Waals surface area (Å²) in [7, 11) is 0. The van der Waals surface area contributed by atoms with Gasteiger partial charge in [-0.2, -0.15) is 0 Å². The molecule has 0 aliphatic carbocycles. The Balaban J connectivity index is 1.92. The summed E-state index contributed by atoms with van der Waals surface area (Å²) in [6.45, 7) is 4.01. The molecule has 0 amide bonds. The van der Waals surface area contributed by atoms with Crippen molar-refractivity contribution >= 4 is 0 Å². The predicted molar refractivity (Wildman–Crippen MR) is 77.1 cm³/mol. The van der Waals surface area contributed by atoms with Gasteiger partial charge in [0.1, 0.15) is 6.10 Å². The van der Waals surface area contributed by atoms with Gasteiger partial charge >= 0.3 is 0 Å². The highest BCUT2D eigenvalue weighted by Gasteiger charge is 2.36. The van der Waals surface area contributed by atoms with Gasteiger partial charge < -0.3 is 10.1 Å². The molecule has 0 saturated carbocycles. The van der Waals surface area contributed by atoms with Gasteiger partial charge in [0, 0.05) is 13.1 Å². The lowest BCUT2D eigenvalue weighted by Gasteiger charge is -2.42. The maximum Gasteiger partial charge on any atom is 0.108 e. The summed E-state index contributed by atoms with van der Waals surface area (Å²) in [4.78, 5) is 0. The molecule has 0 bridgehead atoms. The first kappa shape index (κ1) is 12.4. The predicted octanol–water partition coefficient (Wildman–Crippen LogP) is 3.15. The summed E-state index contributed by atoms with van der Waals surface area (Å²) in [5.41, 5.74) is 2.36. The standard InChI is InChI=1S/C17H19NO/c1-17(12-18-13-17)19-16(14-8-4-2-5-9-14)15-10-6-3-7-11-15/h2-11,16,18H,12-13H2,1H3. The Hall–Kier alpha value is -1.64. The Labute approximate surface area is 114 Å². The van der Waals surface area contributed by atoms with Gasteiger partial charge in [0.25, 0.3) is 0 Å². The molecule has 0 aromatic heterocycles. The van der Waals surface area contributed by atoms with E-state index in [1.54, 1.807) is 0 Å². The molecule has 0 spiro atoms. The zero-order valence-corrected chi connectivity index (χ0v) is 11.2. The second kappa shape index (κ2) is 5.16. The zero-order valence-electron chi connectivity index (χ0n) is 11.2. The molecule has 3 rings (SSSR count). The second-order valence-corrected chi connectivity index (χ2v) is 5.37. The van der Waals surface area contributed by atoms with Gasteiger partial charge in [-0.3, -0.25) is 0 Å². The molecule has 0 atom stereocenters. The third-order valence-electron chi connectivity index (χ3n) is 3.60. The van der Waals surface area contributed by atoms with Crippen LogP contribution in [0, 0.1) is 0 Å².